The maximum Gasteiger partial charge on any atom is 0.416 e. The van der Waals surface area contributed by atoms with E-state index in [0.29, 0.717) is 34.4 Å². The minimum absolute atomic E-state index is 0.247. The Labute approximate surface area is 209 Å². The lowest BCUT2D eigenvalue weighted by molar-refractivity contribution is -0.137. The zero-order valence-corrected chi connectivity index (χ0v) is 20.0. The van der Waals surface area contributed by atoms with Gasteiger partial charge in [-0.15, -0.1) is 11.3 Å². The van der Waals surface area contributed by atoms with Gasteiger partial charge in [0.05, 0.1) is 24.9 Å². The van der Waals surface area contributed by atoms with Crippen molar-refractivity contribution in [2.24, 2.45) is 0 Å². The number of amides is 1. The van der Waals surface area contributed by atoms with Crippen molar-refractivity contribution in [3.8, 4) is 0 Å². The third kappa shape index (κ3) is 7.17. The molecule has 0 aliphatic rings. The molecule has 0 fully saturated rings. The predicted molar refractivity (Wildman–Crippen MR) is 128 cm³/mol. The van der Waals surface area contributed by atoms with E-state index in [1.54, 1.807) is 35.7 Å². The monoisotopic (exact) mass is 519 g/mol. The fraction of sp³-hybridized carbons (Fsp3) is 0.200. The highest BCUT2D eigenvalue weighted by molar-refractivity contribution is 7.09. The summed E-state index contributed by atoms with van der Waals surface area (Å²) in [5.74, 6) is 0.301. The van der Waals surface area contributed by atoms with E-state index in [1.165, 1.54) is 23.7 Å². The van der Waals surface area contributed by atoms with Crippen LogP contribution in [-0.4, -0.2) is 15.8 Å². The van der Waals surface area contributed by atoms with Crippen molar-refractivity contribution in [2.45, 2.75) is 32.4 Å². The fourth-order valence-corrected chi connectivity index (χ4v) is 4.41. The number of nitrogens with zero attached hydrogens (tertiary/aromatic N) is 2. The summed E-state index contributed by atoms with van der Waals surface area (Å²) in [6.07, 6.45) is -2.88. The Morgan fingerprint density at radius 2 is 1.80 bits per heavy atom. The first-order valence-electron chi connectivity index (χ1n) is 10.6. The van der Waals surface area contributed by atoms with E-state index < -0.39 is 11.7 Å². The van der Waals surface area contributed by atoms with Crippen LogP contribution in [0, 0.1) is 0 Å². The van der Waals surface area contributed by atoms with Crippen molar-refractivity contribution in [3.63, 3.8) is 0 Å². The average molecular weight is 520 g/mol. The molecule has 2 aromatic carbocycles. The molecule has 0 spiro atoms. The molecule has 0 unspecified atom stereocenters. The number of halogens is 4. The summed E-state index contributed by atoms with van der Waals surface area (Å²) in [5.41, 5.74) is 1.07. The summed E-state index contributed by atoms with van der Waals surface area (Å²) in [6, 6.07) is 16.1. The van der Waals surface area contributed by atoms with Gasteiger partial charge < -0.3 is 9.73 Å². The van der Waals surface area contributed by atoms with Crippen molar-refractivity contribution in [3.05, 3.63) is 110 Å². The number of aromatic nitrogens is 1. The average Bonchev–Trinajstić information content (AvgIpc) is 3.51. The first-order valence-corrected chi connectivity index (χ1v) is 11.9. The molecule has 0 atom stereocenters. The van der Waals surface area contributed by atoms with Gasteiger partial charge in [0.25, 0.3) is 5.91 Å². The molecule has 5 nitrogen and oxygen atoms in total. The Kier molecular flexibility index (Phi) is 7.90. The van der Waals surface area contributed by atoms with Crippen LogP contribution < -0.4 is 5.32 Å². The number of benzene rings is 2. The number of hydrogen-bond acceptors (Lipinski definition) is 5. The van der Waals surface area contributed by atoms with E-state index in [4.69, 9.17) is 16.0 Å². The highest BCUT2D eigenvalue weighted by Crippen LogP contribution is 2.30. The normalized spacial score (nSPS) is 11.7. The maximum absolute atomic E-state index is 13.2. The quantitative estimate of drug-likeness (QED) is 0.273. The lowest BCUT2D eigenvalue weighted by Gasteiger charge is -2.22. The third-order valence-corrected chi connectivity index (χ3v) is 6.21. The molecule has 35 heavy (non-hydrogen) atoms. The predicted octanol–water partition coefficient (Wildman–Crippen LogP) is 6.54. The number of rotatable bonds is 9. The van der Waals surface area contributed by atoms with Crippen molar-refractivity contribution in [1.29, 1.82) is 0 Å². The molecule has 1 amide bonds. The van der Waals surface area contributed by atoms with Gasteiger partial charge in [0.1, 0.15) is 16.5 Å². The van der Waals surface area contributed by atoms with Gasteiger partial charge >= 0.3 is 6.18 Å². The zero-order valence-electron chi connectivity index (χ0n) is 18.4. The van der Waals surface area contributed by atoms with Crippen molar-refractivity contribution in [1.82, 2.24) is 15.2 Å². The molecule has 0 saturated carbocycles. The lowest BCUT2D eigenvalue weighted by Crippen LogP contribution is -2.24. The SMILES string of the molecule is O=C(NCc1ccco1)c1csc(CN(Cc2ccc(Cl)cc2)Cc2cccc(C(F)(F)F)c2)n1. The largest absolute Gasteiger partial charge is 0.467 e. The number of nitrogens with one attached hydrogen (secondary N) is 1. The standard InChI is InChI=1S/C25H21ClF3N3O2S/c26-20-8-6-17(7-9-20)13-32(14-18-3-1-4-19(11-18)25(27,28)29)15-23-31-22(16-35-23)24(33)30-12-21-5-2-10-34-21/h1-11,16H,12-15H2,(H,30,33). The van der Waals surface area contributed by atoms with Crippen LogP contribution in [0.1, 0.15) is 37.9 Å². The maximum atomic E-state index is 13.2. The number of carbonyl (C=O) groups is 1. The van der Waals surface area contributed by atoms with Gasteiger partial charge in [0.2, 0.25) is 0 Å². The molecule has 2 heterocycles. The second kappa shape index (κ2) is 11.1. The summed E-state index contributed by atoms with van der Waals surface area (Å²) in [6.45, 7) is 1.34. The number of carbonyl (C=O) groups excluding carboxylic acids is 1. The van der Waals surface area contributed by atoms with Gasteiger partial charge in [-0.2, -0.15) is 13.2 Å². The van der Waals surface area contributed by atoms with Crippen LogP contribution in [0.25, 0.3) is 0 Å². The van der Waals surface area contributed by atoms with Gasteiger partial charge in [0, 0.05) is 23.5 Å². The van der Waals surface area contributed by atoms with Crippen molar-refractivity contribution in [2.75, 3.05) is 0 Å². The van der Waals surface area contributed by atoms with E-state index in [1.807, 2.05) is 17.0 Å². The van der Waals surface area contributed by atoms with Crippen LogP contribution in [0.4, 0.5) is 13.2 Å². The van der Waals surface area contributed by atoms with Gasteiger partial charge in [-0.25, -0.2) is 4.98 Å². The van der Waals surface area contributed by atoms with Gasteiger partial charge in [0.15, 0.2) is 0 Å². The summed E-state index contributed by atoms with van der Waals surface area (Å²) in [4.78, 5) is 18.9. The highest BCUT2D eigenvalue weighted by Gasteiger charge is 2.30. The molecule has 10 heteroatoms. The van der Waals surface area contributed by atoms with Crippen LogP contribution in [-0.2, 0) is 32.4 Å². The molecular weight excluding hydrogens is 499 g/mol. The Morgan fingerprint density at radius 3 is 2.51 bits per heavy atom. The van der Waals surface area contributed by atoms with Crippen LogP contribution in [0.3, 0.4) is 0 Å². The molecule has 0 aliphatic carbocycles. The molecular formula is C25H21ClF3N3O2S. The summed E-state index contributed by atoms with van der Waals surface area (Å²) in [5, 5.41) is 5.69. The Morgan fingerprint density at radius 1 is 1.03 bits per heavy atom. The van der Waals surface area contributed by atoms with Crippen molar-refractivity contribution >= 4 is 28.8 Å². The van der Waals surface area contributed by atoms with Crippen LogP contribution in [0.5, 0.6) is 0 Å². The minimum Gasteiger partial charge on any atom is -0.467 e. The molecule has 182 valence electrons. The van der Waals surface area contributed by atoms with Crippen LogP contribution >= 0.6 is 22.9 Å². The number of hydrogen-bond donors (Lipinski definition) is 1. The van der Waals surface area contributed by atoms with Crippen molar-refractivity contribution < 1.29 is 22.4 Å². The first kappa shape index (κ1) is 25.0. The molecule has 2 aromatic heterocycles. The Balaban J connectivity index is 1.48. The van der Waals surface area contributed by atoms with E-state index in [-0.39, 0.29) is 24.7 Å². The fourth-order valence-electron chi connectivity index (χ4n) is 3.47. The minimum atomic E-state index is -4.41. The summed E-state index contributed by atoms with van der Waals surface area (Å²) >= 11 is 7.31. The molecule has 0 aliphatic heterocycles. The number of furan rings is 1. The molecule has 4 rings (SSSR count). The van der Waals surface area contributed by atoms with E-state index in [2.05, 4.69) is 10.3 Å². The summed E-state index contributed by atoms with van der Waals surface area (Å²) in [7, 11) is 0. The van der Waals surface area contributed by atoms with Crippen LogP contribution in [0.15, 0.2) is 76.7 Å². The Bertz CT molecular complexity index is 1260. The number of alkyl halides is 3. The van der Waals surface area contributed by atoms with Crippen LogP contribution in [0.2, 0.25) is 5.02 Å². The van der Waals surface area contributed by atoms with E-state index >= 15 is 0 Å². The van der Waals surface area contributed by atoms with Gasteiger partial charge in [-0.3, -0.25) is 9.69 Å². The molecule has 4 aromatic rings. The second-order valence-electron chi connectivity index (χ2n) is 7.86. The summed E-state index contributed by atoms with van der Waals surface area (Å²) < 4.78 is 44.8. The van der Waals surface area contributed by atoms with E-state index in [9.17, 15) is 18.0 Å². The zero-order chi connectivity index (χ0) is 24.8. The molecule has 0 bridgehead atoms. The lowest BCUT2D eigenvalue weighted by atomic mass is 10.1. The topological polar surface area (TPSA) is 58.4 Å². The first-order chi connectivity index (χ1) is 16.8. The molecule has 1 N–H and O–H groups in total. The van der Waals surface area contributed by atoms with E-state index in [0.717, 1.165) is 17.7 Å². The smallest absolute Gasteiger partial charge is 0.416 e. The second-order valence-corrected chi connectivity index (χ2v) is 9.24. The van der Waals surface area contributed by atoms with Gasteiger partial charge in [-0.1, -0.05) is 41.9 Å². The third-order valence-electron chi connectivity index (χ3n) is 5.13. The Hall–Kier alpha value is -3.14. The van der Waals surface area contributed by atoms with Gasteiger partial charge in [-0.05, 0) is 41.5 Å². The molecule has 0 saturated heterocycles. The number of thiazole rings is 1. The molecule has 0 radical (unpaired) electrons. The highest BCUT2D eigenvalue weighted by atomic mass is 35.5.